The minimum Gasteiger partial charge on any atom is -0.354 e. The van der Waals surface area contributed by atoms with Crippen LogP contribution in [0, 0.1) is 11.3 Å². The van der Waals surface area contributed by atoms with Crippen LogP contribution in [0.3, 0.4) is 0 Å². The molecule has 1 aliphatic heterocycles. The number of carbonyl (C=O) groups is 1. The summed E-state index contributed by atoms with van der Waals surface area (Å²) in [5, 5.41) is 12.0. The Kier molecular flexibility index (Phi) is 3.68. The molecule has 1 atom stereocenters. The van der Waals surface area contributed by atoms with Crippen LogP contribution < -0.4 is 10.2 Å². The Balaban J connectivity index is 2.35. The van der Waals surface area contributed by atoms with Gasteiger partial charge in [-0.05, 0) is 19.4 Å². The molecule has 18 heavy (non-hydrogen) atoms. The summed E-state index contributed by atoms with van der Waals surface area (Å²) in [7, 11) is 0. The third-order valence-corrected chi connectivity index (χ3v) is 3.22. The summed E-state index contributed by atoms with van der Waals surface area (Å²) >= 11 is 6.12. The van der Waals surface area contributed by atoms with Crippen LogP contribution in [0.4, 0.5) is 5.82 Å². The molecule has 0 aromatic carbocycles. The van der Waals surface area contributed by atoms with Gasteiger partial charge in [0.25, 0.3) is 0 Å². The molecule has 1 aromatic heterocycles. The molecular weight excluding hydrogens is 252 g/mol. The molecule has 1 N–H and O–H groups in total. The van der Waals surface area contributed by atoms with Crippen molar-refractivity contribution < 1.29 is 4.79 Å². The molecule has 1 amide bonds. The molecule has 1 fully saturated rings. The Hall–Kier alpha value is -1.80. The van der Waals surface area contributed by atoms with Crippen molar-refractivity contribution in [1.82, 2.24) is 10.3 Å². The van der Waals surface area contributed by atoms with Crippen molar-refractivity contribution in [3.8, 4) is 6.07 Å². The maximum atomic E-state index is 11.8. The number of anilines is 1. The number of hydrogen-bond acceptors (Lipinski definition) is 4. The molecule has 0 bridgehead atoms. The normalized spacial score (nSPS) is 19.9. The summed E-state index contributed by atoms with van der Waals surface area (Å²) in [5.74, 6) is 0.523. The van der Waals surface area contributed by atoms with Gasteiger partial charge in [0, 0.05) is 19.3 Å². The van der Waals surface area contributed by atoms with Gasteiger partial charge in [-0.2, -0.15) is 5.26 Å². The highest BCUT2D eigenvalue weighted by molar-refractivity contribution is 6.33. The number of aromatic nitrogens is 1. The molecule has 6 heteroatoms. The first kappa shape index (κ1) is 12.7. The molecule has 0 spiro atoms. The van der Waals surface area contributed by atoms with Gasteiger partial charge in [-0.15, -0.1) is 0 Å². The number of hydrogen-bond donors (Lipinski definition) is 1. The number of carbonyl (C=O) groups excluding carboxylic acids is 1. The molecule has 2 heterocycles. The molecule has 1 aromatic rings. The zero-order valence-corrected chi connectivity index (χ0v) is 10.7. The van der Waals surface area contributed by atoms with Crippen LogP contribution in [0.5, 0.6) is 0 Å². The van der Waals surface area contributed by atoms with E-state index in [1.54, 1.807) is 6.07 Å². The molecule has 0 radical (unpaired) electrons. The van der Waals surface area contributed by atoms with Gasteiger partial charge in [-0.25, -0.2) is 4.98 Å². The number of rotatable bonds is 1. The first-order chi connectivity index (χ1) is 8.63. The SMILES string of the molecule is CC1C(=O)NCCCN1c1ncc(C#N)cc1Cl. The summed E-state index contributed by atoms with van der Waals surface area (Å²) < 4.78 is 0. The van der Waals surface area contributed by atoms with E-state index in [0.717, 1.165) is 6.42 Å². The number of pyridine rings is 1. The van der Waals surface area contributed by atoms with E-state index < -0.39 is 0 Å². The average Bonchev–Trinajstić information content (AvgIpc) is 2.53. The van der Waals surface area contributed by atoms with Gasteiger partial charge in [0.1, 0.15) is 17.9 Å². The summed E-state index contributed by atoms with van der Waals surface area (Å²) in [6.45, 7) is 3.18. The van der Waals surface area contributed by atoms with Crippen molar-refractivity contribution >= 4 is 23.3 Å². The van der Waals surface area contributed by atoms with Crippen LogP contribution >= 0.6 is 11.6 Å². The van der Waals surface area contributed by atoms with E-state index in [9.17, 15) is 4.79 Å². The summed E-state index contributed by atoms with van der Waals surface area (Å²) in [4.78, 5) is 17.8. The van der Waals surface area contributed by atoms with E-state index in [1.807, 2.05) is 17.9 Å². The van der Waals surface area contributed by atoms with Crippen LogP contribution in [0.1, 0.15) is 18.9 Å². The lowest BCUT2D eigenvalue weighted by Crippen LogP contribution is -2.42. The standard InChI is InChI=1S/C12H13ClN4O/c1-8-12(18)15-3-2-4-17(8)11-10(13)5-9(6-14)7-16-11/h5,7-8H,2-4H2,1H3,(H,15,18). The Morgan fingerprint density at radius 3 is 3.11 bits per heavy atom. The third-order valence-electron chi connectivity index (χ3n) is 2.94. The van der Waals surface area contributed by atoms with Crippen LogP contribution in [-0.4, -0.2) is 30.0 Å². The second-order valence-corrected chi connectivity index (χ2v) is 4.56. The van der Waals surface area contributed by atoms with Gasteiger partial charge in [-0.3, -0.25) is 4.79 Å². The highest BCUT2D eigenvalue weighted by Crippen LogP contribution is 2.26. The van der Waals surface area contributed by atoms with Gasteiger partial charge < -0.3 is 10.2 Å². The Morgan fingerprint density at radius 2 is 2.44 bits per heavy atom. The molecule has 1 aliphatic rings. The van der Waals surface area contributed by atoms with Crippen LogP contribution in [0.2, 0.25) is 5.02 Å². The van der Waals surface area contributed by atoms with Crippen molar-refractivity contribution in [1.29, 1.82) is 5.26 Å². The Labute approximate surface area is 110 Å². The monoisotopic (exact) mass is 264 g/mol. The van der Waals surface area contributed by atoms with E-state index in [1.165, 1.54) is 6.20 Å². The predicted octanol–water partition coefficient (Wildman–Crippen LogP) is 1.32. The van der Waals surface area contributed by atoms with Crippen molar-refractivity contribution in [2.45, 2.75) is 19.4 Å². The number of nitrogens with one attached hydrogen (secondary N) is 1. The number of amides is 1. The van der Waals surface area contributed by atoms with Gasteiger partial charge >= 0.3 is 0 Å². The third kappa shape index (κ3) is 2.39. The topological polar surface area (TPSA) is 69.0 Å². The van der Waals surface area contributed by atoms with Gasteiger partial charge in [0.2, 0.25) is 5.91 Å². The molecular formula is C12H13ClN4O. The fraction of sp³-hybridized carbons (Fsp3) is 0.417. The molecule has 2 rings (SSSR count). The number of halogens is 1. The van der Waals surface area contributed by atoms with Crippen molar-refractivity contribution in [3.63, 3.8) is 0 Å². The molecule has 1 unspecified atom stereocenters. The minimum atomic E-state index is -0.314. The summed E-state index contributed by atoms with van der Waals surface area (Å²) in [6.07, 6.45) is 2.31. The second kappa shape index (κ2) is 5.23. The predicted molar refractivity (Wildman–Crippen MR) is 68.4 cm³/mol. The van der Waals surface area contributed by atoms with Crippen LogP contribution in [-0.2, 0) is 4.79 Å². The minimum absolute atomic E-state index is 0.0327. The van der Waals surface area contributed by atoms with Crippen LogP contribution in [0.15, 0.2) is 12.3 Å². The van der Waals surface area contributed by atoms with Crippen molar-refractivity contribution in [2.75, 3.05) is 18.0 Å². The van der Waals surface area contributed by atoms with E-state index >= 15 is 0 Å². The van der Waals surface area contributed by atoms with E-state index in [2.05, 4.69) is 10.3 Å². The largest absolute Gasteiger partial charge is 0.354 e. The molecule has 0 aliphatic carbocycles. The van der Waals surface area contributed by atoms with Crippen molar-refractivity contribution in [2.24, 2.45) is 0 Å². The van der Waals surface area contributed by atoms with Gasteiger partial charge in [0.15, 0.2) is 0 Å². The first-order valence-electron chi connectivity index (χ1n) is 5.73. The quantitative estimate of drug-likeness (QED) is 0.831. The highest BCUT2D eigenvalue weighted by Gasteiger charge is 2.26. The fourth-order valence-electron chi connectivity index (χ4n) is 1.94. The molecule has 94 valence electrons. The fourth-order valence-corrected chi connectivity index (χ4v) is 2.21. The van der Waals surface area contributed by atoms with Gasteiger partial charge in [0.05, 0.1) is 10.6 Å². The average molecular weight is 265 g/mol. The Bertz CT molecular complexity index is 511. The lowest BCUT2D eigenvalue weighted by Gasteiger charge is -2.27. The van der Waals surface area contributed by atoms with E-state index in [-0.39, 0.29) is 11.9 Å². The zero-order valence-electron chi connectivity index (χ0n) is 9.98. The highest BCUT2D eigenvalue weighted by atomic mass is 35.5. The summed E-state index contributed by atoms with van der Waals surface area (Å²) in [6, 6.07) is 3.24. The maximum absolute atomic E-state index is 11.8. The number of nitriles is 1. The maximum Gasteiger partial charge on any atom is 0.242 e. The van der Waals surface area contributed by atoms with Crippen LogP contribution in [0.25, 0.3) is 0 Å². The Morgan fingerprint density at radius 1 is 1.67 bits per heavy atom. The molecule has 1 saturated heterocycles. The first-order valence-corrected chi connectivity index (χ1v) is 6.11. The smallest absolute Gasteiger partial charge is 0.242 e. The van der Waals surface area contributed by atoms with Gasteiger partial charge in [-0.1, -0.05) is 11.6 Å². The van der Waals surface area contributed by atoms with Crippen molar-refractivity contribution in [3.05, 3.63) is 22.8 Å². The summed E-state index contributed by atoms with van der Waals surface area (Å²) in [5.41, 5.74) is 0.413. The van der Waals surface area contributed by atoms with E-state index in [0.29, 0.717) is 29.5 Å². The lowest BCUT2D eigenvalue weighted by atomic mass is 10.2. The zero-order chi connectivity index (χ0) is 13.1. The van der Waals surface area contributed by atoms with E-state index in [4.69, 9.17) is 16.9 Å². The molecule has 0 saturated carbocycles. The number of nitrogens with zero attached hydrogens (tertiary/aromatic N) is 3. The molecule has 5 nitrogen and oxygen atoms in total. The lowest BCUT2D eigenvalue weighted by molar-refractivity contribution is -0.121. The second-order valence-electron chi connectivity index (χ2n) is 4.16.